The summed E-state index contributed by atoms with van der Waals surface area (Å²) >= 11 is 0. The van der Waals surface area contributed by atoms with Crippen LogP contribution in [0.5, 0.6) is 0 Å². The quantitative estimate of drug-likeness (QED) is 0.523. The van der Waals surface area contributed by atoms with Crippen molar-refractivity contribution >= 4 is 28.9 Å². The summed E-state index contributed by atoms with van der Waals surface area (Å²) in [6.07, 6.45) is 6.07. The number of amides is 3. The van der Waals surface area contributed by atoms with Crippen LogP contribution in [-0.4, -0.2) is 75.3 Å². The largest absolute Gasteiger partial charge is 0.378 e. The van der Waals surface area contributed by atoms with E-state index in [0.717, 1.165) is 11.1 Å². The molecule has 2 atom stereocenters. The second-order valence-electron chi connectivity index (χ2n) is 10.1. The minimum absolute atomic E-state index is 0.0906. The number of aromatic nitrogens is 3. The number of hydrogen-bond acceptors (Lipinski definition) is 7. The molecule has 11 nitrogen and oxygen atoms in total. The number of anilines is 1. The van der Waals surface area contributed by atoms with Crippen LogP contribution < -0.4 is 11.1 Å². The molecule has 5 rings (SSSR count). The van der Waals surface area contributed by atoms with Crippen LogP contribution >= 0.6 is 0 Å². The number of primary amides is 1. The van der Waals surface area contributed by atoms with Gasteiger partial charge in [0.15, 0.2) is 0 Å². The predicted molar refractivity (Wildman–Crippen MR) is 135 cm³/mol. The number of rotatable bonds is 6. The molecule has 4 heterocycles. The van der Waals surface area contributed by atoms with Gasteiger partial charge in [-0.15, -0.1) is 0 Å². The molecule has 3 N–H and O–H groups in total. The SMILES string of the molecule is CC1CN(C(=O)C2(C#N)CC2)CC1Nc1c(C(N)=O)cnn2cc(-c3ccc(C(=O)N(C)C)nc3)cc12. The summed E-state index contributed by atoms with van der Waals surface area (Å²) in [7, 11) is 3.34. The van der Waals surface area contributed by atoms with Crippen molar-refractivity contribution in [1.82, 2.24) is 24.4 Å². The fourth-order valence-electron chi connectivity index (χ4n) is 4.78. The molecule has 1 saturated heterocycles. The molecule has 3 aromatic rings. The molecule has 0 bridgehead atoms. The van der Waals surface area contributed by atoms with Crippen molar-refractivity contribution in [1.29, 1.82) is 5.26 Å². The number of nitrogens with zero attached hydrogens (tertiary/aromatic N) is 6. The zero-order chi connectivity index (χ0) is 26.5. The van der Waals surface area contributed by atoms with E-state index in [9.17, 15) is 19.6 Å². The molecule has 1 aliphatic heterocycles. The summed E-state index contributed by atoms with van der Waals surface area (Å²) in [4.78, 5) is 44.9. The number of carbonyl (C=O) groups is 3. The van der Waals surface area contributed by atoms with Crippen molar-refractivity contribution in [2.75, 3.05) is 32.5 Å². The highest BCUT2D eigenvalue weighted by Crippen LogP contribution is 2.47. The van der Waals surface area contributed by atoms with E-state index in [2.05, 4.69) is 21.5 Å². The van der Waals surface area contributed by atoms with Crippen molar-refractivity contribution in [2.45, 2.75) is 25.8 Å². The molecule has 0 aromatic carbocycles. The van der Waals surface area contributed by atoms with E-state index in [4.69, 9.17) is 5.73 Å². The summed E-state index contributed by atoms with van der Waals surface area (Å²) in [5.74, 6) is -0.829. The van der Waals surface area contributed by atoms with Gasteiger partial charge in [0, 0.05) is 56.7 Å². The molecule has 1 aliphatic carbocycles. The smallest absolute Gasteiger partial charge is 0.271 e. The minimum Gasteiger partial charge on any atom is -0.378 e. The number of fused-ring (bicyclic) bond motifs is 1. The maximum Gasteiger partial charge on any atom is 0.271 e. The van der Waals surface area contributed by atoms with E-state index in [-0.39, 0.29) is 29.3 Å². The number of hydrogen-bond donors (Lipinski definition) is 2. The Morgan fingerprint density at radius 2 is 1.95 bits per heavy atom. The average Bonchev–Trinajstić information content (AvgIpc) is 3.43. The van der Waals surface area contributed by atoms with E-state index in [1.54, 1.807) is 35.8 Å². The molecular formula is C26H28N8O3. The summed E-state index contributed by atoms with van der Waals surface area (Å²) in [5.41, 5.74) is 8.17. The van der Waals surface area contributed by atoms with E-state index in [1.165, 1.54) is 11.1 Å². The van der Waals surface area contributed by atoms with Crippen molar-refractivity contribution in [2.24, 2.45) is 17.1 Å². The summed E-state index contributed by atoms with van der Waals surface area (Å²) in [6, 6.07) is 7.40. The second-order valence-corrected chi connectivity index (χ2v) is 10.1. The predicted octanol–water partition coefficient (Wildman–Crippen LogP) is 1.76. The Bertz CT molecular complexity index is 1450. The lowest BCUT2D eigenvalue weighted by Gasteiger charge is -2.21. The highest BCUT2D eigenvalue weighted by Gasteiger charge is 2.54. The molecule has 190 valence electrons. The van der Waals surface area contributed by atoms with Crippen LogP contribution in [0, 0.1) is 22.7 Å². The Kier molecular flexibility index (Phi) is 5.82. The lowest BCUT2D eigenvalue weighted by Crippen LogP contribution is -2.36. The fraction of sp³-hybridized carbons (Fsp3) is 0.385. The van der Waals surface area contributed by atoms with Crippen molar-refractivity contribution in [3.8, 4) is 17.2 Å². The molecular weight excluding hydrogens is 472 g/mol. The van der Waals surface area contributed by atoms with Crippen molar-refractivity contribution in [3.63, 3.8) is 0 Å². The molecule has 1 saturated carbocycles. The Balaban J connectivity index is 1.45. The molecule has 11 heteroatoms. The van der Waals surface area contributed by atoms with E-state index in [1.807, 2.05) is 25.3 Å². The minimum atomic E-state index is -0.867. The van der Waals surface area contributed by atoms with Gasteiger partial charge in [-0.1, -0.05) is 13.0 Å². The van der Waals surface area contributed by atoms with Crippen LogP contribution in [-0.2, 0) is 4.79 Å². The first kappa shape index (κ1) is 24.2. The maximum atomic E-state index is 12.9. The van der Waals surface area contributed by atoms with Gasteiger partial charge in [-0.25, -0.2) is 4.52 Å². The third-order valence-corrected chi connectivity index (χ3v) is 7.23. The number of likely N-dealkylation sites (tertiary alicyclic amines) is 1. The average molecular weight is 501 g/mol. The van der Waals surface area contributed by atoms with Gasteiger partial charge in [0.2, 0.25) is 5.91 Å². The van der Waals surface area contributed by atoms with Crippen LogP contribution in [0.1, 0.15) is 40.6 Å². The topological polar surface area (TPSA) is 150 Å². The maximum absolute atomic E-state index is 12.9. The number of pyridine rings is 1. The van der Waals surface area contributed by atoms with E-state index in [0.29, 0.717) is 42.8 Å². The second kappa shape index (κ2) is 8.89. The molecule has 2 unspecified atom stereocenters. The van der Waals surface area contributed by atoms with Crippen molar-refractivity contribution < 1.29 is 14.4 Å². The number of carbonyl (C=O) groups excluding carboxylic acids is 3. The van der Waals surface area contributed by atoms with Gasteiger partial charge < -0.3 is 20.9 Å². The highest BCUT2D eigenvalue weighted by molar-refractivity contribution is 6.02. The van der Waals surface area contributed by atoms with E-state index >= 15 is 0 Å². The van der Waals surface area contributed by atoms with Crippen LogP contribution in [0.2, 0.25) is 0 Å². The normalized spacial score (nSPS) is 19.9. The van der Waals surface area contributed by atoms with Crippen LogP contribution in [0.25, 0.3) is 16.6 Å². The molecule has 0 spiro atoms. The molecule has 37 heavy (non-hydrogen) atoms. The monoisotopic (exact) mass is 500 g/mol. The zero-order valence-electron chi connectivity index (χ0n) is 20.9. The van der Waals surface area contributed by atoms with Gasteiger partial charge in [0.25, 0.3) is 11.8 Å². The van der Waals surface area contributed by atoms with Crippen LogP contribution in [0.15, 0.2) is 36.8 Å². The zero-order valence-corrected chi connectivity index (χ0v) is 20.9. The molecule has 3 aromatic heterocycles. The van der Waals surface area contributed by atoms with E-state index < -0.39 is 11.3 Å². The third kappa shape index (κ3) is 4.24. The molecule has 3 amide bonds. The first-order chi connectivity index (χ1) is 17.6. The Morgan fingerprint density at radius 3 is 2.54 bits per heavy atom. The van der Waals surface area contributed by atoms with Gasteiger partial charge in [0.1, 0.15) is 11.1 Å². The third-order valence-electron chi connectivity index (χ3n) is 7.23. The number of nitriles is 1. The molecule has 0 radical (unpaired) electrons. The molecule has 2 fully saturated rings. The number of nitrogens with one attached hydrogen (secondary N) is 1. The molecule has 2 aliphatic rings. The van der Waals surface area contributed by atoms with Gasteiger partial charge in [-0.05, 0) is 30.9 Å². The van der Waals surface area contributed by atoms with Gasteiger partial charge in [-0.3, -0.25) is 19.4 Å². The number of nitrogens with two attached hydrogens (primary N) is 1. The van der Waals surface area contributed by atoms with Crippen LogP contribution in [0.4, 0.5) is 5.69 Å². The highest BCUT2D eigenvalue weighted by atomic mass is 16.2. The van der Waals surface area contributed by atoms with Crippen molar-refractivity contribution in [3.05, 3.63) is 48.0 Å². The summed E-state index contributed by atoms with van der Waals surface area (Å²) < 4.78 is 1.65. The van der Waals surface area contributed by atoms with Gasteiger partial charge >= 0.3 is 0 Å². The standard InChI is InChI=1S/C26H28N8O3/c1-15-11-33(25(37)26(14-27)6-7-26)13-20(15)31-22-18(23(28)35)10-30-34-12-17(8-21(22)34)16-4-5-19(29-9-16)24(36)32(2)3/h4-5,8-10,12,15,20,31H,6-7,11,13H2,1-3H3,(H2,28,35). The Morgan fingerprint density at radius 1 is 1.19 bits per heavy atom. The first-order valence-electron chi connectivity index (χ1n) is 12.1. The van der Waals surface area contributed by atoms with Gasteiger partial charge in [-0.2, -0.15) is 10.4 Å². The van der Waals surface area contributed by atoms with Gasteiger partial charge in [0.05, 0.1) is 29.0 Å². The summed E-state index contributed by atoms with van der Waals surface area (Å²) in [5, 5.41) is 17.3. The lowest BCUT2D eigenvalue weighted by molar-refractivity contribution is -0.134. The first-order valence-corrected chi connectivity index (χ1v) is 12.1. The lowest BCUT2D eigenvalue weighted by atomic mass is 10.1. The summed E-state index contributed by atoms with van der Waals surface area (Å²) in [6.45, 7) is 2.99. The Hall–Kier alpha value is -4.46. The van der Waals surface area contributed by atoms with Crippen LogP contribution in [0.3, 0.4) is 0 Å². The fourth-order valence-corrected chi connectivity index (χ4v) is 4.78. The Labute approximate surface area is 213 Å².